The van der Waals surface area contributed by atoms with Gasteiger partial charge in [-0.05, 0) is 62.2 Å². The number of esters is 1. The molecule has 0 aromatic heterocycles. The standard InChI is InChI=1S/C22H25NO6S/c1-16(24)18-8-11-21(28-2)19(14-18)15-29-22(25)17-6-9-20(10-7-17)30(26,27)23-12-4-3-5-13-23/h6-11,14H,3-5,12-13,15H2,1-2H3. The topological polar surface area (TPSA) is 90.0 Å². The van der Waals surface area contributed by atoms with Crippen LogP contribution in [0.3, 0.4) is 0 Å². The van der Waals surface area contributed by atoms with Gasteiger partial charge in [0.15, 0.2) is 5.78 Å². The fraction of sp³-hybridized carbons (Fsp3) is 0.364. The lowest BCUT2D eigenvalue weighted by Crippen LogP contribution is -2.35. The number of carbonyl (C=O) groups is 2. The van der Waals surface area contributed by atoms with Gasteiger partial charge in [-0.3, -0.25) is 4.79 Å². The number of Topliss-reactive ketones (excluding diaryl/α,β-unsaturated/α-hetero) is 1. The highest BCUT2D eigenvalue weighted by Crippen LogP contribution is 2.23. The molecule has 1 saturated heterocycles. The molecule has 1 fully saturated rings. The maximum Gasteiger partial charge on any atom is 0.338 e. The number of rotatable bonds is 7. The van der Waals surface area contributed by atoms with E-state index in [1.165, 1.54) is 42.6 Å². The Morgan fingerprint density at radius 1 is 0.967 bits per heavy atom. The highest BCUT2D eigenvalue weighted by atomic mass is 32.2. The van der Waals surface area contributed by atoms with Crippen LogP contribution in [0.2, 0.25) is 0 Å². The van der Waals surface area contributed by atoms with E-state index >= 15 is 0 Å². The Balaban J connectivity index is 1.70. The zero-order valence-electron chi connectivity index (χ0n) is 17.1. The molecule has 0 N–H and O–H groups in total. The van der Waals surface area contributed by atoms with Crippen molar-refractivity contribution >= 4 is 21.8 Å². The minimum atomic E-state index is -3.55. The van der Waals surface area contributed by atoms with Crippen molar-refractivity contribution in [1.82, 2.24) is 4.31 Å². The number of sulfonamides is 1. The maximum atomic E-state index is 12.7. The Bertz CT molecular complexity index is 1020. The second-order valence-corrected chi connectivity index (χ2v) is 9.09. The van der Waals surface area contributed by atoms with Crippen molar-refractivity contribution in [2.75, 3.05) is 20.2 Å². The van der Waals surface area contributed by atoms with Gasteiger partial charge in [-0.2, -0.15) is 4.31 Å². The highest BCUT2D eigenvalue weighted by molar-refractivity contribution is 7.89. The number of ketones is 1. The lowest BCUT2D eigenvalue weighted by atomic mass is 10.1. The van der Waals surface area contributed by atoms with Crippen LogP contribution in [0.25, 0.3) is 0 Å². The summed E-state index contributed by atoms with van der Waals surface area (Å²) in [6, 6.07) is 10.7. The largest absolute Gasteiger partial charge is 0.496 e. The molecule has 2 aromatic rings. The van der Waals surface area contributed by atoms with Crippen molar-refractivity contribution < 1.29 is 27.5 Å². The van der Waals surface area contributed by atoms with Crippen molar-refractivity contribution in [3.05, 3.63) is 59.2 Å². The maximum absolute atomic E-state index is 12.7. The van der Waals surface area contributed by atoms with Gasteiger partial charge >= 0.3 is 5.97 Å². The Morgan fingerprint density at radius 2 is 1.60 bits per heavy atom. The van der Waals surface area contributed by atoms with Crippen LogP contribution in [0.1, 0.15) is 52.5 Å². The van der Waals surface area contributed by atoms with E-state index in [0.29, 0.717) is 30.0 Å². The third-order valence-corrected chi connectivity index (χ3v) is 7.00. The van der Waals surface area contributed by atoms with Crippen molar-refractivity contribution in [2.24, 2.45) is 0 Å². The van der Waals surface area contributed by atoms with Crippen molar-refractivity contribution in [1.29, 1.82) is 0 Å². The van der Waals surface area contributed by atoms with Gasteiger partial charge in [-0.25, -0.2) is 13.2 Å². The molecule has 0 atom stereocenters. The summed E-state index contributed by atoms with van der Waals surface area (Å²) < 4.78 is 37.5. The molecule has 1 heterocycles. The van der Waals surface area contributed by atoms with Gasteiger partial charge in [0.2, 0.25) is 10.0 Å². The Morgan fingerprint density at radius 3 is 2.20 bits per heavy atom. The zero-order chi connectivity index (χ0) is 21.7. The number of nitrogens with zero attached hydrogens (tertiary/aromatic N) is 1. The summed E-state index contributed by atoms with van der Waals surface area (Å²) in [5.74, 6) is -0.182. The smallest absolute Gasteiger partial charge is 0.338 e. The molecular formula is C22H25NO6S. The van der Waals surface area contributed by atoms with Crippen LogP contribution >= 0.6 is 0 Å². The molecule has 0 radical (unpaired) electrons. The van der Waals surface area contributed by atoms with Gasteiger partial charge in [-0.1, -0.05) is 6.42 Å². The van der Waals surface area contributed by atoms with Crippen LogP contribution in [-0.2, 0) is 21.4 Å². The van der Waals surface area contributed by atoms with Crippen LogP contribution < -0.4 is 4.74 Å². The SMILES string of the molecule is COc1ccc(C(C)=O)cc1COC(=O)c1ccc(S(=O)(=O)N2CCCCC2)cc1. The molecule has 0 spiro atoms. The predicted octanol–water partition coefficient (Wildman–Crippen LogP) is 3.43. The second-order valence-electron chi connectivity index (χ2n) is 7.15. The lowest BCUT2D eigenvalue weighted by molar-refractivity contribution is 0.0470. The fourth-order valence-electron chi connectivity index (χ4n) is 3.35. The Kier molecular flexibility index (Phi) is 6.89. The minimum Gasteiger partial charge on any atom is -0.496 e. The molecule has 0 unspecified atom stereocenters. The second kappa shape index (κ2) is 9.40. The number of carbonyl (C=O) groups excluding carboxylic acids is 2. The average Bonchev–Trinajstić information content (AvgIpc) is 2.77. The molecule has 1 aliphatic heterocycles. The van der Waals surface area contributed by atoms with Gasteiger partial charge in [0.1, 0.15) is 12.4 Å². The van der Waals surface area contributed by atoms with E-state index in [4.69, 9.17) is 9.47 Å². The third kappa shape index (κ3) is 4.88. The number of piperidine rings is 1. The molecule has 0 bridgehead atoms. The highest BCUT2D eigenvalue weighted by Gasteiger charge is 2.26. The molecule has 1 aliphatic rings. The molecule has 30 heavy (non-hydrogen) atoms. The Hall–Kier alpha value is -2.71. The molecule has 2 aromatic carbocycles. The number of hydrogen-bond donors (Lipinski definition) is 0. The first-order chi connectivity index (χ1) is 14.3. The summed E-state index contributed by atoms with van der Waals surface area (Å²) in [4.78, 5) is 24.2. The summed E-state index contributed by atoms with van der Waals surface area (Å²) in [6.07, 6.45) is 2.76. The van der Waals surface area contributed by atoms with Gasteiger partial charge in [0.25, 0.3) is 0 Å². The van der Waals surface area contributed by atoms with Gasteiger partial charge in [0, 0.05) is 24.2 Å². The lowest BCUT2D eigenvalue weighted by Gasteiger charge is -2.25. The first-order valence-electron chi connectivity index (χ1n) is 9.78. The molecule has 7 nitrogen and oxygen atoms in total. The number of benzene rings is 2. The van der Waals surface area contributed by atoms with E-state index in [2.05, 4.69) is 0 Å². The zero-order valence-corrected chi connectivity index (χ0v) is 17.9. The average molecular weight is 432 g/mol. The van der Waals surface area contributed by atoms with E-state index in [1.54, 1.807) is 18.2 Å². The fourth-order valence-corrected chi connectivity index (χ4v) is 4.87. The van der Waals surface area contributed by atoms with Crippen molar-refractivity contribution in [3.8, 4) is 5.75 Å². The molecule has 3 rings (SSSR count). The number of ether oxygens (including phenoxy) is 2. The van der Waals surface area contributed by atoms with E-state index in [0.717, 1.165) is 19.3 Å². The quantitative estimate of drug-likeness (QED) is 0.493. The van der Waals surface area contributed by atoms with Crippen LogP contribution in [-0.4, -0.2) is 44.7 Å². The van der Waals surface area contributed by atoms with Crippen LogP contribution in [0.5, 0.6) is 5.75 Å². The summed E-state index contributed by atoms with van der Waals surface area (Å²) in [5.41, 5.74) is 1.31. The summed E-state index contributed by atoms with van der Waals surface area (Å²) in [7, 11) is -2.05. The van der Waals surface area contributed by atoms with E-state index in [-0.39, 0.29) is 22.8 Å². The van der Waals surface area contributed by atoms with Crippen molar-refractivity contribution in [3.63, 3.8) is 0 Å². The van der Waals surface area contributed by atoms with Gasteiger partial charge in [0.05, 0.1) is 17.6 Å². The first-order valence-corrected chi connectivity index (χ1v) is 11.2. The van der Waals surface area contributed by atoms with Crippen molar-refractivity contribution in [2.45, 2.75) is 37.7 Å². The first kappa shape index (κ1) is 22.0. The van der Waals surface area contributed by atoms with Crippen LogP contribution in [0.4, 0.5) is 0 Å². The van der Waals surface area contributed by atoms with Crippen LogP contribution in [0.15, 0.2) is 47.4 Å². The normalized spacial score (nSPS) is 14.9. The molecule has 8 heteroatoms. The summed E-state index contributed by atoms with van der Waals surface area (Å²) in [6.45, 7) is 2.43. The van der Waals surface area contributed by atoms with E-state index < -0.39 is 16.0 Å². The number of methoxy groups -OCH3 is 1. The summed E-state index contributed by atoms with van der Waals surface area (Å²) >= 11 is 0. The molecule has 0 amide bonds. The number of hydrogen-bond acceptors (Lipinski definition) is 6. The Labute approximate surface area is 176 Å². The van der Waals surface area contributed by atoms with Gasteiger partial charge < -0.3 is 9.47 Å². The van der Waals surface area contributed by atoms with Gasteiger partial charge in [-0.15, -0.1) is 0 Å². The minimum absolute atomic E-state index is 0.0725. The molecule has 0 saturated carbocycles. The third-order valence-electron chi connectivity index (χ3n) is 5.09. The monoisotopic (exact) mass is 431 g/mol. The van der Waals surface area contributed by atoms with E-state index in [1.807, 2.05) is 0 Å². The van der Waals surface area contributed by atoms with E-state index in [9.17, 15) is 18.0 Å². The predicted molar refractivity (Wildman–Crippen MR) is 111 cm³/mol. The molecule has 0 aliphatic carbocycles. The van der Waals surface area contributed by atoms with Crippen LogP contribution in [0, 0.1) is 0 Å². The molecule has 160 valence electrons. The summed E-state index contributed by atoms with van der Waals surface area (Å²) in [5, 5.41) is 0. The molecular weight excluding hydrogens is 406 g/mol.